The van der Waals surface area contributed by atoms with Gasteiger partial charge in [0.25, 0.3) is 5.88 Å². The molecule has 1 unspecified atom stereocenters. The predicted molar refractivity (Wildman–Crippen MR) is 80.5 cm³/mol. The van der Waals surface area contributed by atoms with E-state index in [1.807, 2.05) is 30.3 Å². The van der Waals surface area contributed by atoms with Crippen molar-refractivity contribution < 1.29 is 9.26 Å². The number of hydrogen-bond acceptors (Lipinski definition) is 4. The highest BCUT2D eigenvalue weighted by Crippen LogP contribution is 2.32. The fourth-order valence-electron chi connectivity index (χ4n) is 3.26. The summed E-state index contributed by atoms with van der Waals surface area (Å²) in [4.78, 5) is 2.46. The number of rotatable bonds is 3. The topological polar surface area (TPSA) is 38.5 Å². The fraction of sp³-hybridized carbons (Fsp3) is 0.438. The van der Waals surface area contributed by atoms with Gasteiger partial charge in [0.1, 0.15) is 6.10 Å². The molecule has 110 valence electrons. The van der Waals surface area contributed by atoms with Crippen LogP contribution in [0, 0.1) is 5.92 Å². The number of fused-ring (bicyclic) bond motifs is 3. The standard InChI is InChI=1S/C16H17ClN2O2/c17-13-3-1-11(2-4-13)14-9-16(18-21-14)20-15-10-19-7-5-12(15)6-8-19/h1-4,9,12,15H,5-8,10H2. The lowest BCUT2D eigenvalue weighted by Crippen LogP contribution is -2.52. The molecule has 4 heterocycles. The van der Waals surface area contributed by atoms with Gasteiger partial charge >= 0.3 is 0 Å². The van der Waals surface area contributed by atoms with Crippen LogP contribution in [-0.4, -0.2) is 35.8 Å². The summed E-state index contributed by atoms with van der Waals surface area (Å²) in [5, 5.41) is 4.75. The average Bonchev–Trinajstić information content (AvgIpc) is 2.98. The van der Waals surface area contributed by atoms with Gasteiger partial charge in [0.05, 0.1) is 0 Å². The molecule has 0 N–H and O–H groups in total. The second-order valence-corrected chi connectivity index (χ2v) is 6.27. The first kappa shape index (κ1) is 13.2. The van der Waals surface area contributed by atoms with Crippen molar-refractivity contribution in [2.45, 2.75) is 18.9 Å². The lowest BCUT2D eigenvalue weighted by molar-refractivity contribution is -0.0113. The molecule has 4 nitrogen and oxygen atoms in total. The molecule has 5 rings (SSSR count). The molecule has 0 aliphatic carbocycles. The molecule has 0 radical (unpaired) electrons. The minimum Gasteiger partial charge on any atom is -0.471 e. The zero-order valence-corrected chi connectivity index (χ0v) is 12.4. The monoisotopic (exact) mass is 304 g/mol. The Bertz CT molecular complexity index is 617. The van der Waals surface area contributed by atoms with Gasteiger partial charge in [-0.1, -0.05) is 11.6 Å². The van der Waals surface area contributed by atoms with E-state index in [1.54, 1.807) is 0 Å². The van der Waals surface area contributed by atoms with Crippen molar-refractivity contribution in [1.29, 1.82) is 0 Å². The number of halogens is 1. The summed E-state index contributed by atoms with van der Waals surface area (Å²) in [6.07, 6.45) is 2.70. The maximum Gasteiger partial charge on any atom is 0.255 e. The van der Waals surface area contributed by atoms with Gasteiger partial charge in [-0.15, -0.1) is 0 Å². The highest BCUT2D eigenvalue weighted by molar-refractivity contribution is 6.30. The van der Waals surface area contributed by atoms with E-state index < -0.39 is 0 Å². The van der Waals surface area contributed by atoms with Gasteiger partial charge in [0, 0.05) is 23.2 Å². The Hall–Kier alpha value is -1.52. The lowest BCUT2D eigenvalue weighted by Gasteiger charge is -2.43. The van der Waals surface area contributed by atoms with Crippen LogP contribution >= 0.6 is 11.6 Å². The number of aromatic nitrogens is 1. The highest BCUT2D eigenvalue weighted by Gasteiger charge is 2.36. The van der Waals surface area contributed by atoms with E-state index in [4.69, 9.17) is 20.9 Å². The van der Waals surface area contributed by atoms with E-state index >= 15 is 0 Å². The molecule has 3 aliphatic heterocycles. The summed E-state index contributed by atoms with van der Waals surface area (Å²) in [6.45, 7) is 3.42. The molecule has 0 spiro atoms. The highest BCUT2D eigenvalue weighted by atomic mass is 35.5. The van der Waals surface area contributed by atoms with Crippen molar-refractivity contribution in [3.8, 4) is 17.2 Å². The molecular weight excluding hydrogens is 288 g/mol. The van der Waals surface area contributed by atoms with Crippen LogP contribution in [0.1, 0.15) is 12.8 Å². The summed E-state index contributed by atoms with van der Waals surface area (Å²) in [7, 11) is 0. The average molecular weight is 305 g/mol. The maximum atomic E-state index is 6.04. The molecule has 2 bridgehead atoms. The van der Waals surface area contributed by atoms with Gasteiger partial charge in [-0.2, -0.15) is 0 Å². The van der Waals surface area contributed by atoms with Gasteiger partial charge in [-0.25, -0.2) is 0 Å². The van der Waals surface area contributed by atoms with Crippen LogP contribution in [-0.2, 0) is 0 Å². The first-order chi connectivity index (χ1) is 10.3. The van der Waals surface area contributed by atoms with Crippen molar-refractivity contribution in [2.75, 3.05) is 19.6 Å². The van der Waals surface area contributed by atoms with E-state index in [2.05, 4.69) is 10.1 Å². The number of benzene rings is 1. The maximum absolute atomic E-state index is 6.04. The molecule has 21 heavy (non-hydrogen) atoms. The van der Waals surface area contributed by atoms with Crippen molar-refractivity contribution >= 4 is 11.6 Å². The summed E-state index contributed by atoms with van der Waals surface area (Å²) in [6, 6.07) is 9.38. The van der Waals surface area contributed by atoms with Crippen LogP contribution in [0.3, 0.4) is 0 Å². The summed E-state index contributed by atoms with van der Waals surface area (Å²) < 4.78 is 11.4. The Balaban J connectivity index is 1.48. The van der Waals surface area contributed by atoms with E-state index in [0.717, 1.165) is 12.1 Å². The van der Waals surface area contributed by atoms with Gasteiger partial charge in [-0.05, 0) is 61.3 Å². The molecular formula is C16H17ClN2O2. The molecule has 3 fully saturated rings. The SMILES string of the molecule is Clc1ccc(-c2cc(OC3CN4CCC3CC4)no2)cc1. The molecule has 1 atom stereocenters. The van der Waals surface area contributed by atoms with Gasteiger partial charge < -0.3 is 9.26 Å². The zero-order chi connectivity index (χ0) is 14.2. The Morgan fingerprint density at radius 1 is 1.19 bits per heavy atom. The number of nitrogens with zero attached hydrogens (tertiary/aromatic N) is 2. The molecule has 5 heteroatoms. The fourth-order valence-corrected chi connectivity index (χ4v) is 3.39. The Kier molecular flexibility index (Phi) is 3.36. The van der Waals surface area contributed by atoms with Crippen LogP contribution in [0.4, 0.5) is 0 Å². The van der Waals surface area contributed by atoms with Crippen LogP contribution in [0.2, 0.25) is 5.02 Å². The quantitative estimate of drug-likeness (QED) is 0.870. The lowest BCUT2D eigenvalue weighted by atomic mass is 9.86. The predicted octanol–water partition coefficient (Wildman–Crippen LogP) is 3.47. The van der Waals surface area contributed by atoms with Crippen LogP contribution in [0.25, 0.3) is 11.3 Å². The van der Waals surface area contributed by atoms with Crippen LogP contribution < -0.4 is 4.74 Å². The van der Waals surface area contributed by atoms with Gasteiger partial charge in [0.15, 0.2) is 5.76 Å². The third-order valence-electron chi connectivity index (χ3n) is 4.49. The van der Waals surface area contributed by atoms with Crippen molar-refractivity contribution in [3.05, 3.63) is 35.4 Å². The van der Waals surface area contributed by atoms with Gasteiger partial charge in [-0.3, -0.25) is 4.90 Å². The second kappa shape index (κ2) is 5.35. The number of piperidine rings is 3. The Morgan fingerprint density at radius 2 is 1.95 bits per heavy atom. The largest absolute Gasteiger partial charge is 0.471 e. The van der Waals surface area contributed by atoms with E-state index in [0.29, 0.717) is 22.6 Å². The van der Waals surface area contributed by atoms with Crippen molar-refractivity contribution in [2.24, 2.45) is 5.92 Å². The Labute approximate surface area is 128 Å². The van der Waals surface area contributed by atoms with E-state index in [-0.39, 0.29) is 6.10 Å². The third-order valence-corrected chi connectivity index (χ3v) is 4.74. The number of ether oxygens (including phenoxy) is 1. The molecule has 3 saturated heterocycles. The minimum atomic E-state index is 0.246. The summed E-state index contributed by atoms with van der Waals surface area (Å²) in [5.74, 6) is 1.95. The second-order valence-electron chi connectivity index (χ2n) is 5.83. The number of hydrogen-bond donors (Lipinski definition) is 0. The summed E-state index contributed by atoms with van der Waals surface area (Å²) >= 11 is 5.89. The Morgan fingerprint density at radius 3 is 2.62 bits per heavy atom. The van der Waals surface area contributed by atoms with Gasteiger partial charge in [0.2, 0.25) is 0 Å². The molecule has 2 aromatic rings. The third kappa shape index (κ3) is 2.65. The van der Waals surface area contributed by atoms with Crippen LogP contribution in [0.15, 0.2) is 34.9 Å². The molecule has 1 aromatic heterocycles. The van der Waals surface area contributed by atoms with Crippen LogP contribution in [0.5, 0.6) is 5.88 Å². The van der Waals surface area contributed by atoms with Crippen molar-refractivity contribution in [3.63, 3.8) is 0 Å². The smallest absolute Gasteiger partial charge is 0.255 e. The van der Waals surface area contributed by atoms with E-state index in [1.165, 1.54) is 25.9 Å². The van der Waals surface area contributed by atoms with E-state index in [9.17, 15) is 0 Å². The molecule has 0 amide bonds. The first-order valence-corrected chi connectivity index (χ1v) is 7.77. The normalized spacial score (nSPS) is 27.8. The molecule has 0 saturated carbocycles. The molecule has 3 aliphatic rings. The van der Waals surface area contributed by atoms with Crippen molar-refractivity contribution in [1.82, 2.24) is 10.1 Å². The summed E-state index contributed by atoms with van der Waals surface area (Å²) in [5.41, 5.74) is 0.954. The minimum absolute atomic E-state index is 0.246. The zero-order valence-electron chi connectivity index (χ0n) is 11.7. The molecule has 1 aromatic carbocycles. The first-order valence-electron chi connectivity index (χ1n) is 7.39.